The molecular weight excluding hydrogens is 599 g/mol. The van der Waals surface area contributed by atoms with Gasteiger partial charge in [-0.25, -0.2) is 5.43 Å². The zero-order valence-corrected chi connectivity index (χ0v) is 22.0. The molecule has 1 N–H and O–H groups in total. The van der Waals surface area contributed by atoms with E-state index in [9.17, 15) is 4.79 Å². The van der Waals surface area contributed by atoms with Crippen LogP contribution in [0, 0.1) is 3.57 Å². The van der Waals surface area contributed by atoms with Gasteiger partial charge in [0.1, 0.15) is 6.61 Å². The molecule has 0 aliphatic carbocycles. The van der Waals surface area contributed by atoms with E-state index in [1.54, 1.807) is 13.3 Å². The first kappa shape index (κ1) is 23.7. The molecule has 160 valence electrons. The van der Waals surface area contributed by atoms with Crippen molar-refractivity contribution >= 4 is 74.2 Å². The predicted molar refractivity (Wildman–Crippen MR) is 138 cm³/mol. The zero-order chi connectivity index (χ0) is 21.6. The number of rotatable bonds is 8. The van der Waals surface area contributed by atoms with E-state index in [0.29, 0.717) is 24.5 Å². The van der Waals surface area contributed by atoms with Crippen LogP contribution in [0.25, 0.3) is 0 Å². The van der Waals surface area contributed by atoms with E-state index in [0.717, 1.165) is 30.7 Å². The molecule has 3 rings (SSSR count). The van der Waals surface area contributed by atoms with E-state index in [1.165, 1.54) is 0 Å². The molecule has 0 aromatic heterocycles. The molecule has 1 amide bonds. The molecule has 1 aliphatic heterocycles. The Hall–Kier alpha value is -0.910. The fourth-order valence-electron chi connectivity index (χ4n) is 2.86. The predicted octanol–water partition coefficient (Wildman–Crippen LogP) is 5.68. The summed E-state index contributed by atoms with van der Waals surface area (Å²) in [6, 6.07) is 11.8. The molecule has 1 heterocycles. The minimum Gasteiger partial charge on any atom is -0.493 e. The molecule has 0 saturated carbocycles. The number of carbonyl (C=O) groups is 1. The van der Waals surface area contributed by atoms with Gasteiger partial charge in [0.2, 0.25) is 5.91 Å². The second-order valence-corrected chi connectivity index (χ2v) is 12.3. The van der Waals surface area contributed by atoms with Gasteiger partial charge in [0.25, 0.3) is 0 Å². The summed E-state index contributed by atoms with van der Waals surface area (Å²) in [7, 11) is 1.61. The van der Waals surface area contributed by atoms with Gasteiger partial charge >= 0.3 is 0 Å². The molecule has 9 heteroatoms. The molecule has 1 saturated heterocycles. The topological polar surface area (TPSA) is 59.9 Å². The quantitative estimate of drug-likeness (QED) is 0.234. The number of nitrogens with zero attached hydrogens (tertiary/aromatic N) is 1. The number of hydrogen-bond donors (Lipinski definition) is 1. The average Bonchev–Trinajstić information content (AvgIpc) is 3.13. The second kappa shape index (κ2) is 11.1. The first-order valence-electron chi connectivity index (χ1n) is 9.23. The monoisotopic (exact) mass is 620 g/mol. The van der Waals surface area contributed by atoms with Gasteiger partial charge < -0.3 is 9.47 Å². The Morgan fingerprint density at radius 2 is 2.00 bits per heavy atom. The number of hydrazone groups is 1. The number of carbonyl (C=O) groups excluding carboxylic acids is 1. The van der Waals surface area contributed by atoms with Crippen LogP contribution in [-0.2, 0) is 11.4 Å². The Labute approximate surface area is 207 Å². The third kappa shape index (κ3) is 6.80. The Morgan fingerprint density at radius 3 is 2.67 bits per heavy atom. The van der Waals surface area contributed by atoms with Crippen LogP contribution in [0.3, 0.4) is 0 Å². The summed E-state index contributed by atoms with van der Waals surface area (Å²) >= 11 is 9.31. The van der Waals surface area contributed by atoms with Crippen molar-refractivity contribution in [3.8, 4) is 11.5 Å². The molecule has 2 aromatic rings. The van der Waals surface area contributed by atoms with Crippen LogP contribution in [0.1, 0.15) is 24.5 Å². The van der Waals surface area contributed by atoms with Crippen LogP contribution in [0.2, 0.25) is 0 Å². The number of hydrogen-bond acceptors (Lipinski definition) is 6. The first-order chi connectivity index (χ1) is 14.4. The van der Waals surface area contributed by atoms with Crippen LogP contribution in [-0.4, -0.2) is 34.8 Å². The molecule has 0 spiro atoms. The highest BCUT2D eigenvalue weighted by molar-refractivity contribution is 14.1. The summed E-state index contributed by atoms with van der Waals surface area (Å²) in [5.41, 5.74) is 4.52. The number of halogens is 2. The normalized spacial score (nSPS) is 15.3. The van der Waals surface area contributed by atoms with Crippen molar-refractivity contribution in [2.45, 2.75) is 24.0 Å². The van der Waals surface area contributed by atoms with E-state index in [4.69, 9.17) is 9.47 Å². The summed E-state index contributed by atoms with van der Waals surface area (Å²) in [5, 5.41) is 4.12. The number of ether oxygens (including phenoxy) is 2. The third-order valence-corrected chi connectivity index (χ3v) is 8.95. The van der Waals surface area contributed by atoms with E-state index >= 15 is 0 Å². The van der Waals surface area contributed by atoms with Gasteiger partial charge in [-0.05, 0) is 64.9 Å². The van der Waals surface area contributed by atoms with Crippen LogP contribution in [0.4, 0.5) is 0 Å². The minimum absolute atomic E-state index is 0.0496. The molecule has 5 nitrogen and oxygen atoms in total. The van der Waals surface area contributed by atoms with E-state index in [-0.39, 0.29) is 9.99 Å². The summed E-state index contributed by atoms with van der Waals surface area (Å²) in [4.78, 5) is 12.2. The van der Waals surface area contributed by atoms with E-state index < -0.39 is 0 Å². The molecular formula is C21H22BrIN2O3S2. The van der Waals surface area contributed by atoms with Crippen molar-refractivity contribution in [2.75, 3.05) is 18.6 Å². The number of methoxy groups -OCH3 is 1. The van der Waals surface area contributed by atoms with Crippen LogP contribution in [0.5, 0.6) is 11.5 Å². The molecule has 30 heavy (non-hydrogen) atoms. The number of benzene rings is 2. The lowest BCUT2D eigenvalue weighted by Crippen LogP contribution is -2.26. The SMILES string of the molecule is COc1cc(/C=N\NC(=O)CC2(C)SCCS2)cc(I)c1OCc1ccc(Br)cc1. The number of thioether (sulfide) groups is 2. The lowest BCUT2D eigenvalue weighted by Gasteiger charge is -2.19. The lowest BCUT2D eigenvalue weighted by molar-refractivity contribution is -0.121. The van der Waals surface area contributed by atoms with Gasteiger partial charge in [-0.3, -0.25) is 4.79 Å². The minimum atomic E-state index is -0.0771. The lowest BCUT2D eigenvalue weighted by atomic mass is 10.2. The van der Waals surface area contributed by atoms with Gasteiger partial charge in [0, 0.05) is 16.0 Å². The van der Waals surface area contributed by atoms with Crippen molar-refractivity contribution in [1.82, 2.24) is 5.43 Å². The van der Waals surface area contributed by atoms with E-state index in [2.05, 4.69) is 56.0 Å². The fraction of sp³-hybridized carbons (Fsp3) is 0.333. The Kier molecular flexibility index (Phi) is 8.79. The smallest absolute Gasteiger partial charge is 0.242 e. The van der Waals surface area contributed by atoms with Crippen molar-refractivity contribution in [3.05, 3.63) is 55.6 Å². The summed E-state index contributed by atoms with van der Waals surface area (Å²) in [5.74, 6) is 3.41. The Morgan fingerprint density at radius 1 is 1.30 bits per heavy atom. The standard InChI is InChI=1S/C21H22BrIN2O3S2/c1-21(29-7-8-30-21)11-19(26)25-24-12-15-9-17(23)20(18(10-15)27-2)28-13-14-3-5-16(22)6-4-14/h3-6,9-10,12H,7-8,11,13H2,1-2H3,(H,25,26)/b24-12-. The molecule has 0 radical (unpaired) electrons. The molecule has 1 aliphatic rings. The largest absolute Gasteiger partial charge is 0.493 e. The highest BCUT2D eigenvalue weighted by Crippen LogP contribution is 2.45. The maximum Gasteiger partial charge on any atom is 0.242 e. The van der Waals surface area contributed by atoms with Crippen molar-refractivity contribution < 1.29 is 14.3 Å². The van der Waals surface area contributed by atoms with Crippen LogP contribution < -0.4 is 14.9 Å². The van der Waals surface area contributed by atoms with Gasteiger partial charge in [0.05, 0.1) is 27.4 Å². The molecule has 0 atom stereocenters. The summed E-state index contributed by atoms with van der Waals surface area (Å²) < 4.78 is 13.4. The van der Waals surface area contributed by atoms with Gasteiger partial charge in [0.15, 0.2) is 11.5 Å². The number of nitrogens with one attached hydrogen (secondary N) is 1. The van der Waals surface area contributed by atoms with E-state index in [1.807, 2.05) is 59.9 Å². The highest BCUT2D eigenvalue weighted by atomic mass is 127. The van der Waals surface area contributed by atoms with Crippen LogP contribution in [0.15, 0.2) is 46.0 Å². The second-order valence-electron chi connectivity index (χ2n) is 6.75. The molecule has 2 aromatic carbocycles. The third-order valence-electron chi connectivity index (χ3n) is 4.33. The van der Waals surface area contributed by atoms with Gasteiger partial charge in [-0.1, -0.05) is 28.1 Å². The zero-order valence-electron chi connectivity index (χ0n) is 16.6. The van der Waals surface area contributed by atoms with Crippen LogP contribution >= 0.6 is 62.0 Å². The average molecular weight is 621 g/mol. The maximum atomic E-state index is 12.2. The fourth-order valence-corrected chi connectivity index (χ4v) is 6.73. The van der Waals surface area contributed by atoms with Crippen molar-refractivity contribution in [1.29, 1.82) is 0 Å². The van der Waals surface area contributed by atoms with Gasteiger partial charge in [-0.2, -0.15) is 5.10 Å². The van der Waals surface area contributed by atoms with Crippen molar-refractivity contribution in [2.24, 2.45) is 5.10 Å². The first-order valence-corrected chi connectivity index (χ1v) is 13.1. The summed E-state index contributed by atoms with van der Waals surface area (Å²) in [6.07, 6.45) is 2.07. The summed E-state index contributed by atoms with van der Waals surface area (Å²) in [6.45, 7) is 2.55. The molecule has 0 bridgehead atoms. The van der Waals surface area contributed by atoms with Crippen molar-refractivity contribution in [3.63, 3.8) is 0 Å². The van der Waals surface area contributed by atoms with Gasteiger partial charge in [-0.15, -0.1) is 23.5 Å². The number of amides is 1. The Balaban J connectivity index is 1.61. The molecule has 0 unspecified atom stereocenters. The molecule has 1 fully saturated rings. The Bertz CT molecular complexity index is 919. The maximum absolute atomic E-state index is 12.2. The highest BCUT2D eigenvalue weighted by Gasteiger charge is 2.32.